The summed E-state index contributed by atoms with van der Waals surface area (Å²) >= 11 is 0. The average Bonchev–Trinajstić information content (AvgIpc) is 3.19. The van der Waals surface area contributed by atoms with Gasteiger partial charge in [-0.1, -0.05) is 42.5 Å². The van der Waals surface area contributed by atoms with E-state index in [1.165, 1.54) is 12.1 Å². The number of halogens is 1. The van der Waals surface area contributed by atoms with Gasteiger partial charge in [0.2, 0.25) is 6.23 Å². The largest absolute Gasteiger partial charge is 0.497 e. The molecule has 140 valence electrons. The summed E-state index contributed by atoms with van der Waals surface area (Å²) in [7, 11) is 1.65. The van der Waals surface area contributed by atoms with Gasteiger partial charge in [-0.25, -0.2) is 9.40 Å². The minimum Gasteiger partial charge on any atom is -0.497 e. The van der Waals surface area contributed by atoms with Crippen LogP contribution in [0.3, 0.4) is 0 Å². The van der Waals surface area contributed by atoms with Gasteiger partial charge in [-0.3, -0.25) is 0 Å². The van der Waals surface area contributed by atoms with E-state index in [0.29, 0.717) is 0 Å². The Morgan fingerprint density at radius 3 is 2.68 bits per heavy atom. The van der Waals surface area contributed by atoms with Gasteiger partial charge in [0.05, 0.1) is 18.9 Å². The number of rotatable bonds is 3. The number of fused-ring (bicyclic) bond motifs is 3. The molecule has 4 nitrogen and oxygen atoms in total. The Morgan fingerprint density at radius 2 is 1.86 bits per heavy atom. The Morgan fingerprint density at radius 1 is 1.04 bits per heavy atom. The molecule has 28 heavy (non-hydrogen) atoms. The molecule has 0 spiro atoms. The SMILES string of the molecule is COc1cccc([C@H]2Oc3ccccc3[C@H]3CC(c4ccc(F)cc4)=NN32)c1. The topological polar surface area (TPSA) is 34.1 Å². The maximum absolute atomic E-state index is 13.3. The van der Waals surface area contributed by atoms with Crippen LogP contribution in [0.25, 0.3) is 0 Å². The molecule has 0 fully saturated rings. The number of hydrogen-bond donors (Lipinski definition) is 0. The van der Waals surface area contributed by atoms with Crippen LogP contribution in [-0.4, -0.2) is 17.8 Å². The Hall–Kier alpha value is -3.34. The van der Waals surface area contributed by atoms with Crippen LogP contribution in [0.2, 0.25) is 0 Å². The van der Waals surface area contributed by atoms with Crippen LogP contribution < -0.4 is 9.47 Å². The molecular formula is C23H19FN2O2. The number of para-hydroxylation sites is 1. The van der Waals surface area contributed by atoms with Gasteiger partial charge < -0.3 is 9.47 Å². The molecule has 5 rings (SSSR count). The average molecular weight is 374 g/mol. The highest BCUT2D eigenvalue weighted by Gasteiger charge is 2.40. The first-order valence-electron chi connectivity index (χ1n) is 9.24. The van der Waals surface area contributed by atoms with Crippen molar-refractivity contribution in [1.82, 2.24) is 5.01 Å². The van der Waals surface area contributed by atoms with Crippen molar-refractivity contribution in [3.8, 4) is 11.5 Å². The molecule has 2 aliphatic rings. The van der Waals surface area contributed by atoms with Crippen LogP contribution in [-0.2, 0) is 0 Å². The van der Waals surface area contributed by atoms with Gasteiger partial charge in [0.15, 0.2) is 0 Å². The second-order valence-electron chi connectivity index (χ2n) is 6.94. The lowest BCUT2D eigenvalue weighted by molar-refractivity contribution is -0.0191. The molecule has 2 atom stereocenters. The van der Waals surface area contributed by atoms with E-state index in [1.54, 1.807) is 19.2 Å². The lowest BCUT2D eigenvalue weighted by atomic mass is 9.96. The van der Waals surface area contributed by atoms with E-state index in [1.807, 2.05) is 47.5 Å². The van der Waals surface area contributed by atoms with E-state index in [4.69, 9.17) is 14.6 Å². The number of ether oxygens (including phenoxy) is 2. The van der Waals surface area contributed by atoms with Crippen molar-refractivity contribution >= 4 is 5.71 Å². The summed E-state index contributed by atoms with van der Waals surface area (Å²) in [6.07, 6.45) is 0.389. The number of methoxy groups -OCH3 is 1. The van der Waals surface area contributed by atoms with Crippen LogP contribution in [0, 0.1) is 5.82 Å². The molecule has 0 aromatic heterocycles. The van der Waals surface area contributed by atoms with Crippen molar-refractivity contribution in [1.29, 1.82) is 0 Å². The molecule has 0 N–H and O–H groups in total. The summed E-state index contributed by atoms with van der Waals surface area (Å²) in [4.78, 5) is 0. The molecule has 0 bridgehead atoms. The van der Waals surface area contributed by atoms with Crippen molar-refractivity contribution in [2.45, 2.75) is 18.7 Å². The van der Waals surface area contributed by atoms with Crippen molar-refractivity contribution in [3.05, 3.63) is 95.3 Å². The zero-order chi connectivity index (χ0) is 19.1. The van der Waals surface area contributed by atoms with E-state index in [-0.39, 0.29) is 18.1 Å². The fraction of sp³-hybridized carbons (Fsp3) is 0.174. The molecule has 0 unspecified atom stereocenters. The second kappa shape index (κ2) is 6.68. The Labute approximate surface area is 162 Å². The smallest absolute Gasteiger partial charge is 0.214 e. The summed E-state index contributed by atoms with van der Waals surface area (Å²) in [5.74, 6) is 1.40. The lowest BCUT2D eigenvalue weighted by Gasteiger charge is -2.38. The van der Waals surface area contributed by atoms with E-state index >= 15 is 0 Å². The number of hydrazone groups is 1. The van der Waals surface area contributed by atoms with Gasteiger partial charge in [0.1, 0.15) is 17.3 Å². The fourth-order valence-electron chi connectivity index (χ4n) is 3.87. The van der Waals surface area contributed by atoms with Gasteiger partial charge >= 0.3 is 0 Å². The monoisotopic (exact) mass is 374 g/mol. The van der Waals surface area contributed by atoms with E-state index in [2.05, 4.69) is 6.07 Å². The predicted octanol–water partition coefficient (Wildman–Crippen LogP) is 5.08. The molecule has 0 saturated heterocycles. The normalized spacial score (nSPS) is 20.1. The highest BCUT2D eigenvalue weighted by atomic mass is 19.1. The van der Waals surface area contributed by atoms with E-state index < -0.39 is 0 Å². The zero-order valence-corrected chi connectivity index (χ0v) is 15.4. The predicted molar refractivity (Wildman–Crippen MR) is 105 cm³/mol. The van der Waals surface area contributed by atoms with Crippen LogP contribution >= 0.6 is 0 Å². The van der Waals surface area contributed by atoms with Gasteiger partial charge in [0.25, 0.3) is 0 Å². The van der Waals surface area contributed by atoms with Gasteiger partial charge in [-0.2, -0.15) is 5.10 Å². The van der Waals surface area contributed by atoms with E-state index in [0.717, 1.165) is 40.3 Å². The summed E-state index contributed by atoms with van der Waals surface area (Å²) in [5.41, 5.74) is 3.95. The van der Waals surface area contributed by atoms with Gasteiger partial charge in [-0.05, 0) is 35.9 Å². The fourth-order valence-corrected chi connectivity index (χ4v) is 3.87. The summed E-state index contributed by atoms with van der Waals surface area (Å²) in [6.45, 7) is 0. The Bertz CT molecular complexity index is 1050. The Kier molecular flexibility index (Phi) is 4.01. The van der Waals surface area contributed by atoms with Crippen molar-refractivity contribution in [2.75, 3.05) is 7.11 Å². The number of hydrogen-bond acceptors (Lipinski definition) is 4. The van der Waals surface area contributed by atoms with Crippen LogP contribution in [0.4, 0.5) is 4.39 Å². The van der Waals surface area contributed by atoms with Crippen LogP contribution in [0.5, 0.6) is 11.5 Å². The summed E-state index contributed by atoms with van der Waals surface area (Å²) in [5, 5.41) is 6.89. The first-order chi connectivity index (χ1) is 13.7. The molecule has 0 saturated carbocycles. The maximum Gasteiger partial charge on any atom is 0.214 e. The second-order valence-corrected chi connectivity index (χ2v) is 6.94. The Balaban J connectivity index is 1.59. The summed E-state index contributed by atoms with van der Waals surface area (Å²) in [6, 6.07) is 22.5. The van der Waals surface area contributed by atoms with Crippen LogP contribution in [0.1, 0.15) is 35.4 Å². The number of benzene rings is 3. The quantitative estimate of drug-likeness (QED) is 0.641. The van der Waals surface area contributed by atoms with Crippen molar-refractivity contribution < 1.29 is 13.9 Å². The maximum atomic E-state index is 13.3. The molecule has 2 heterocycles. The minimum absolute atomic E-state index is 0.0706. The van der Waals surface area contributed by atoms with E-state index in [9.17, 15) is 4.39 Å². The molecule has 0 aliphatic carbocycles. The third kappa shape index (κ3) is 2.80. The molecule has 3 aromatic carbocycles. The van der Waals surface area contributed by atoms with Crippen molar-refractivity contribution in [2.24, 2.45) is 5.10 Å². The lowest BCUT2D eigenvalue weighted by Crippen LogP contribution is -2.33. The van der Waals surface area contributed by atoms with Gasteiger partial charge in [0, 0.05) is 17.5 Å². The first kappa shape index (κ1) is 16.8. The highest BCUT2D eigenvalue weighted by Crippen LogP contribution is 2.47. The van der Waals surface area contributed by atoms with Crippen LogP contribution in [0.15, 0.2) is 77.9 Å². The zero-order valence-electron chi connectivity index (χ0n) is 15.4. The van der Waals surface area contributed by atoms with Gasteiger partial charge in [-0.15, -0.1) is 0 Å². The molecule has 0 amide bonds. The van der Waals surface area contributed by atoms with Crippen molar-refractivity contribution in [3.63, 3.8) is 0 Å². The summed E-state index contributed by atoms with van der Waals surface area (Å²) < 4.78 is 25.1. The minimum atomic E-state index is -0.354. The number of nitrogens with zero attached hydrogens (tertiary/aromatic N) is 2. The third-order valence-corrected chi connectivity index (χ3v) is 5.26. The first-order valence-corrected chi connectivity index (χ1v) is 9.24. The standard InChI is InChI=1S/C23H19FN2O2/c1-27-18-6-4-5-16(13-18)23-26-21(19-7-2-3-8-22(19)28-23)14-20(25-26)15-9-11-17(24)12-10-15/h2-13,21,23H,14H2,1H3/t21-,23-/m1/s1. The molecule has 0 radical (unpaired) electrons. The highest BCUT2D eigenvalue weighted by molar-refractivity contribution is 6.01. The molecule has 5 heteroatoms. The third-order valence-electron chi connectivity index (χ3n) is 5.26. The molecule has 3 aromatic rings. The molecule has 2 aliphatic heterocycles. The molecular weight excluding hydrogens is 355 g/mol.